The first-order chi connectivity index (χ1) is 13.0. The van der Waals surface area contributed by atoms with Crippen LogP contribution in [0.3, 0.4) is 0 Å². The number of aromatic nitrogens is 4. The molecule has 3 heterocycles. The smallest absolute Gasteiger partial charge is 0.261 e. The Hall–Kier alpha value is -3.13. The van der Waals surface area contributed by atoms with Crippen LogP contribution in [0.25, 0.3) is 22.5 Å². The van der Waals surface area contributed by atoms with Gasteiger partial charge in [0.05, 0.1) is 11.3 Å². The minimum atomic E-state index is -0.944. The summed E-state index contributed by atoms with van der Waals surface area (Å²) >= 11 is 0. The number of nitrogens with zero attached hydrogens (tertiary/aromatic N) is 4. The van der Waals surface area contributed by atoms with Gasteiger partial charge in [-0.1, -0.05) is 12.1 Å². The van der Waals surface area contributed by atoms with Crippen molar-refractivity contribution in [2.45, 2.75) is 20.3 Å². The van der Waals surface area contributed by atoms with Gasteiger partial charge in [-0.15, -0.1) is 12.4 Å². The molecular formula is C19H16ClF2N5O. The van der Waals surface area contributed by atoms with Gasteiger partial charge in [-0.05, 0) is 31.2 Å². The molecule has 4 aromatic rings. The predicted octanol–water partition coefficient (Wildman–Crippen LogP) is 4.99. The first-order valence-electron chi connectivity index (χ1n) is 8.36. The fraction of sp³-hybridized carbons (Fsp3) is 0.158. The number of aryl methyl sites for hydroxylation is 2. The third-order valence-corrected chi connectivity index (χ3v) is 4.07. The van der Waals surface area contributed by atoms with E-state index in [1.54, 1.807) is 6.20 Å². The molecule has 6 nitrogen and oxygen atoms in total. The van der Waals surface area contributed by atoms with Crippen LogP contribution in [-0.4, -0.2) is 20.1 Å². The zero-order chi connectivity index (χ0) is 19.0. The Morgan fingerprint density at radius 1 is 1.07 bits per heavy atom. The van der Waals surface area contributed by atoms with Crippen LogP contribution < -0.4 is 5.32 Å². The van der Waals surface area contributed by atoms with Crippen LogP contribution in [0.4, 0.5) is 20.2 Å². The van der Waals surface area contributed by atoms with Crippen LogP contribution in [0.15, 0.2) is 41.1 Å². The summed E-state index contributed by atoms with van der Waals surface area (Å²) in [4.78, 5) is 13.1. The summed E-state index contributed by atoms with van der Waals surface area (Å²) in [5.41, 5.74) is 2.82. The number of hydrogen-bond acceptors (Lipinski definition) is 6. The van der Waals surface area contributed by atoms with Crippen LogP contribution in [0, 0.1) is 18.6 Å². The molecule has 9 heteroatoms. The van der Waals surface area contributed by atoms with E-state index in [1.807, 2.05) is 26.0 Å². The minimum Gasteiger partial charge on any atom is -0.354 e. The third-order valence-electron chi connectivity index (χ3n) is 4.07. The molecule has 0 bridgehead atoms. The predicted molar refractivity (Wildman–Crippen MR) is 104 cm³/mol. The van der Waals surface area contributed by atoms with Crippen LogP contribution >= 0.6 is 12.4 Å². The number of anilines is 2. The maximum Gasteiger partial charge on any atom is 0.261 e. The van der Waals surface area contributed by atoms with Gasteiger partial charge in [0.25, 0.3) is 5.89 Å². The Morgan fingerprint density at radius 2 is 1.89 bits per heavy atom. The van der Waals surface area contributed by atoms with E-state index >= 15 is 0 Å². The number of nitrogens with one attached hydrogen (secondary N) is 1. The van der Waals surface area contributed by atoms with Crippen LogP contribution in [0.5, 0.6) is 0 Å². The molecular weight excluding hydrogens is 388 g/mol. The van der Waals surface area contributed by atoms with E-state index < -0.39 is 11.6 Å². The molecule has 3 aromatic heterocycles. The molecule has 1 aromatic carbocycles. The van der Waals surface area contributed by atoms with E-state index in [0.717, 1.165) is 17.8 Å². The van der Waals surface area contributed by atoms with Gasteiger partial charge in [-0.25, -0.2) is 18.7 Å². The number of rotatable bonds is 4. The van der Waals surface area contributed by atoms with E-state index in [0.29, 0.717) is 40.2 Å². The molecule has 0 aliphatic rings. The SMILES string of the molecule is CCc1noc(-c2cnc3nc(C)ccc3c2Nc2ccc(F)c(F)c2)n1.Cl. The highest BCUT2D eigenvalue weighted by Gasteiger charge is 2.18. The summed E-state index contributed by atoms with van der Waals surface area (Å²) < 4.78 is 32.2. The van der Waals surface area contributed by atoms with Crippen molar-refractivity contribution in [1.82, 2.24) is 20.1 Å². The summed E-state index contributed by atoms with van der Waals surface area (Å²) in [5, 5.41) is 7.72. The molecule has 28 heavy (non-hydrogen) atoms. The number of halogens is 3. The second kappa shape index (κ2) is 7.85. The van der Waals surface area contributed by atoms with Crippen molar-refractivity contribution in [1.29, 1.82) is 0 Å². The number of pyridine rings is 2. The highest BCUT2D eigenvalue weighted by Crippen LogP contribution is 2.34. The van der Waals surface area contributed by atoms with Crippen molar-refractivity contribution in [2.75, 3.05) is 5.32 Å². The molecule has 0 amide bonds. The summed E-state index contributed by atoms with van der Waals surface area (Å²) in [6, 6.07) is 7.29. The fourth-order valence-electron chi connectivity index (χ4n) is 2.69. The second-order valence-corrected chi connectivity index (χ2v) is 5.99. The van der Waals surface area contributed by atoms with Gasteiger partial charge in [-0.2, -0.15) is 4.98 Å². The van der Waals surface area contributed by atoms with Crippen LogP contribution in [0.1, 0.15) is 18.4 Å². The normalized spacial score (nSPS) is 10.7. The Bertz CT molecular complexity index is 1150. The van der Waals surface area contributed by atoms with E-state index in [9.17, 15) is 8.78 Å². The van der Waals surface area contributed by atoms with Gasteiger partial charge in [0.1, 0.15) is 0 Å². The Kier molecular flexibility index (Phi) is 5.51. The standard InChI is InChI=1S/C19H15F2N5O.ClH/c1-3-16-25-19(27-26-16)13-9-22-18-12(6-4-10(2)23-18)17(13)24-11-5-7-14(20)15(21)8-11;/h4-9H,3H2,1-2H3,(H,22,23,24);1H. The molecule has 4 rings (SSSR count). The molecule has 0 saturated carbocycles. The number of benzene rings is 1. The molecule has 0 saturated heterocycles. The van der Waals surface area contributed by atoms with Gasteiger partial charge in [0, 0.05) is 35.5 Å². The second-order valence-electron chi connectivity index (χ2n) is 5.99. The fourth-order valence-corrected chi connectivity index (χ4v) is 2.69. The summed E-state index contributed by atoms with van der Waals surface area (Å²) in [6.07, 6.45) is 2.20. The lowest BCUT2D eigenvalue weighted by molar-refractivity contribution is 0.423. The quantitative estimate of drug-likeness (QED) is 0.517. The average Bonchev–Trinajstić information content (AvgIpc) is 3.13. The molecule has 0 spiro atoms. The van der Waals surface area contributed by atoms with Crippen molar-refractivity contribution < 1.29 is 13.3 Å². The number of hydrogen-bond donors (Lipinski definition) is 1. The lowest BCUT2D eigenvalue weighted by Crippen LogP contribution is -1.99. The van der Waals surface area contributed by atoms with Gasteiger partial charge in [-0.3, -0.25) is 0 Å². The highest BCUT2D eigenvalue weighted by molar-refractivity contribution is 5.98. The Morgan fingerprint density at radius 3 is 2.61 bits per heavy atom. The number of fused-ring (bicyclic) bond motifs is 1. The molecule has 0 aliphatic heterocycles. The molecule has 0 fully saturated rings. The first-order valence-corrected chi connectivity index (χ1v) is 8.36. The minimum absolute atomic E-state index is 0. The summed E-state index contributed by atoms with van der Waals surface area (Å²) in [6.45, 7) is 3.78. The molecule has 0 unspecified atom stereocenters. The third kappa shape index (κ3) is 3.63. The van der Waals surface area contributed by atoms with Crippen LogP contribution in [-0.2, 0) is 6.42 Å². The molecule has 0 atom stereocenters. The van der Waals surface area contributed by atoms with Gasteiger partial charge >= 0.3 is 0 Å². The first kappa shape index (κ1) is 19.6. The summed E-state index contributed by atoms with van der Waals surface area (Å²) in [5.74, 6) is -1.01. The summed E-state index contributed by atoms with van der Waals surface area (Å²) in [7, 11) is 0. The average molecular weight is 404 g/mol. The van der Waals surface area contributed by atoms with Gasteiger partial charge in [0.15, 0.2) is 23.1 Å². The van der Waals surface area contributed by atoms with E-state index in [-0.39, 0.29) is 18.3 Å². The van der Waals surface area contributed by atoms with Gasteiger partial charge < -0.3 is 9.84 Å². The molecule has 0 radical (unpaired) electrons. The topological polar surface area (TPSA) is 76.7 Å². The monoisotopic (exact) mass is 403 g/mol. The van der Waals surface area contributed by atoms with E-state index in [1.165, 1.54) is 6.07 Å². The van der Waals surface area contributed by atoms with Gasteiger partial charge in [0.2, 0.25) is 0 Å². The zero-order valence-corrected chi connectivity index (χ0v) is 15.8. The Labute approximate surface area is 165 Å². The lowest BCUT2D eigenvalue weighted by Gasteiger charge is -2.13. The van der Waals surface area contributed by atoms with Crippen molar-refractivity contribution >= 4 is 34.8 Å². The molecule has 1 N–H and O–H groups in total. The maximum atomic E-state index is 13.6. The van der Waals surface area contributed by atoms with Crippen LogP contribution in [0.2, 0.25) is 0 Å². The van der Waals surface area contributed by atoms with Crippen molar-refractivity contribution in [3.8, 4) is 11.5 Å². The molecule has 0 aliphatic carbocycles. The van der Waals surface area contributed by atoms with Crippen molar-refractivity contribution in [2.24, 2.45) is 0 Å². The van der Waals surface area contributed by atoms with Crippen molar-refractivity contribution in [3.63, 3.8) is 0 Å². The van der Waals surface area contributed by atoms with E-state index in [2.05, 4.69) is 25.4 Å². The lowest BCUT2D eigenvalue weighted by atomic mass is 10.1. The van der Waals surface area contributed by atoms with Crippen molar-refractivity contribution in [3.05, 3.63) is 59.7 Å². The maximum absolute atomic E-state index is 13.6. The molecule has 144 valence electrons. The van der Waals surface area contributed by atoms with E-state index in [4.69, 9.17) is 4.52 Å². The Balaban J connectivity index is 0.00000225. The zero-order valence-electron chi connectivity index (χ0n) is 15.0. The largest absolute Gasteiger partial charge is 0.354 e. The highest BCUT2D eigenvalue weighted by atomic mass is 35.5.